The van der Waals surface area contributed by atoms with Gasteiger partial charge in [-0.25, -0.2) is 9.48 Å². The van der Waals surface area contributed by atoms with Crippen molar-refractivity contribution < 1.29 is 0 Å². The maximum Gasteiger partial charge on any atom is 0.350 e. The van der Waals surface area contributed by atoms with E-state index in [0.29, 0.717) is 18.6 Å². The minimum absolute atomic E-state index is 0.108. The van der Waals surface area contributed by atoms with E-state index in [0.717, 1.165) is 0 Å². The standard InChI is InChI=1S/C11H11N3O/c1-2-3-5-9-14-11(15)13-8-6-4-7-10(13)12-14/h4,6-8H,5,9H2,1H3. The molecule has 0 aliphatic heterocycles. The third-order valence-electron chi connectivity index (χ3n) is 2.11. The molecule has 0 spiro atoms. The molecule has 0 unspecified atom stereocenters. The molecule has 0 atom stereocenters. The van der Waals surface area contributed by atoms with Crippen molar-refractivity contribution in [3.05, 3.63) is 34.9 Å². The van der Waals surface area contributed by atoms with Gasteiger partial charge < -0.3 is 0 Å². The first-order valence-electron chi connectivity index (χ1n) is 4.77. The number of rotatable bonds is 2. The molecule has 0 saturated heterocycles. The van der Waals surface area contributed by atoms with Gasteiger partial charge in [-0.2, -0.15) is 0 Å². The van der Waals surface area contributed by atoms with Gasteiger partial charge in [0.1, 0.15) is 0 Å². The van der Waals surface area contributed by atoms with E-state index >= 15 is 0 Å². The summed E-state index contributed by atoms with van der Waals surface area (Å²) in [6.45, 7) is 2.33. The normalized spacial score (nSPS) is 9.93. The molecule has 4 nitrogen and oxygen atoms in total. The zero-order valence-corrected chi connectivity index (χ0v) is 8.47. The lowest BCUT2D eigenvalue weighted by atomic mass is 10.4. The second kappa shape index (κ2) is 4.01. The first-order chi connectivity index (χ1) is 7.33. The molecule has 0 radical (unpaired) electrons. The maximum atomic E-state index is 11.7. The zero-order chi connectivity index (χ0) is 10.7. The van der Waals surface area contributed by atoms with Crippen molar-refractivity contribution >= 4 is 5.65 Å². The molecule has 4 heteroatoms. The van der Waals surface area contributed by atoms with Crippen molar-refractivity contribution in [2.45, 2.75) is 19.9 Å². The zero-order valence-electron chi connectivity index (χ0n) is 8.47. The predicted octanol–water partition coefficient (Wildman–Crippen LogP) is 0.909. The monoisotopic (exact) mass is 201 g/mol. The molecule has 0 aliphatic carbocycles. The average molecular weight is 201 g/mol. The van der Waals surface area contributed by atoms with Crippen LogP contribution in [0.5, 0.6) is 0 Å². The van der Waals surface area contributed by atoms with Crippen LogP contribution in [0, 0.1) is 11.8 Å². The molecule has 0 amide bonds. The Morgan fingerprint density at radius 3 is 3.07 bits per heavy atom. The first kappa shape index (κ1) is 9.53. The van der Waals surface area contributed by atoms with Gasteiger partial charge in [0.15, 0.2) is 5.65 Å². The molecule has 2 aromatic heterocycles. The summed E-state index contributed by atoms with van der Waals surface area (Å²) in [6.07, 6.45) is 2.37. The minimum Gasteiger partial charge on any atom is -0.250 e. The topological polar surface area (TPSA) is 39.3 Å². The SMILES string of the molecule is CC#CCCn1nc2ccccn2c1=O. The summed E-state index contributed by atoms with van der Waals surface area (Å²) in [5.41, 5.74) is 0.565. The second-order valence-electron chi connectivity index (χ2n) is 3.11. The molecule has 15 heavy (non-hydrogen) atoms. The Bertz CT molecular complexity index is 583. The molecule has 0 aromatic carbocycles. The van der Waals surface area contributed by atoms with Crippen molar-refractivity contribution in [1.82, 2.24) is 14.2 Å². The van der Waals surface area contributed by atoms with Crippen LogP contribution in [-0.4, -0.2) is 14.2 Å². The van der Waals surface area contributed by atoms with Gasteiger partial charge in [-0.1, -0.05) is 6.07 Å². The largest absolute Gasteiger partial charge is 0.350 e. The average Bonchev–Trinajstić information content (AvgIpc) is 2.57. The summed E-state index contributed by atoms with van der Waals surface area (Å²) in [5, 5.41) is 4.18. The fraction of sp³-hybridized carbons (Fsp3) is 0.273. The van der Waals surface area contributed by atoms with E-state index < -0.39 is 0 Å². The van der Waals surface area contributed by atoms with E-state index in [9.17, 15) is 4.79 Å². The molecular weight excluding hydrogens is 190 g/mol. The third kappa shape index (κ3) is 1.77. The molecule has 76 valence electrons. The van der Waals surface area contributed by atoms with Crippen molar-refractivity contribution in [3.63, 3.8) is 0 Å². The number of hydrogen-bond donors (Lipinski definition) is 0. The summed E-state index contributed by atoms with van der Waals surface area (Å²) in [5.74, 6) is 5.70. The van der Waals surface area contributed by atoms with Gasteiger partial charge in [0.2, 0.25) is 0 Å². The van der Waals surface area contributed by atoms with E-state index in [1.54, 1.807) is 13.1 Å². The van der Waals surface area contributed by atoms with Crippen LogP contribution in [0.2, 0.25) is 0 Å². The summed E-state index contributed by atoms with van der Waals surface area (Å²) in [4.78, 5) is 11.7. The molecule has 0 aliphatic rings. The van der Waals surface area contributed by atoms with Gasteiger partial charge in [0.05, 0.1) is 6.54 Å². The van der Waals surface area contributed by atoms with Crippen molar-refractivity contribution in [2.24, 2.45) is 0 Å². The van der Waals surface area contributed by atoms with E-state index in [1.807, 2.05) is 18.2 Å². The molecular formula is C11H11N3O. The lowest BCUT2D eigenvalue weighted by Crippen LogP contribution is -2.20. The Hall–Kier alpha value is -2.02. The fourth-order valence-electron chi connectivity index (χ4n) is 1.40. The Labute approximate surface area is 87.2 Å². The van der Waals surface area contributed by atoms with Crippen LogP contribution in [0.25, 0.3) is 5.65 Å². The van der Waals surface area contributed by atoms with Crippen LogP contribution in [-0.2, 0) is 6.54 Å². The number of nitrogens with zero attached hydrogens (tertiary/aromatic N) is 3. The van der Waals surface area contributed by atoms with Crippen LogP contribution in [0.15, 0.2) is 29.2 Å². The van der Waals surface area contributed by atoms with Crippen molar-refractivity contribution in [1.29, 1.82) is 0 Å². The van der Waals surface area contributed by atoms with Gasteiger partial charge in [-0.15, -0.1) is 16.9 Å². The van der Waals surface area contributed by atoms with Crippen LogP contribution >= 0.6 is 0 Å². The Balaban J connectivity index is 2.39. The molecule has 2 rings (SSSR count). The molecule has 0 fully saturated rings. The summed E-state index contributed by atoms with van der Waals surface area (Å²) < 4.78 is 2.97. The first-order valence-corrected chi connectivity index (χ1v) is 4.77. The Morgan fingerprint density at radius 1 is 1.47 bits per heavy atom. The summed E-state index contributed by atoms with van der Waals surface area (Å²) in [7, 11) is 0. The molecule has 2 heterocycles. The Morgan fingerprint density at radius 2 is 2.33 bits per heavy atom. The van der Waals surface area contributed by atoms with E-state index in [2.05, 4.69) is 16.9 Å². The van der Waals surface area contributed by atoms with Crippen LogP contribution in [0.4, 0.5) is 0 Å². The molecule has 0 bridgehead atoms. The lowest BCUT2D eigenvalue weighted by molar-refractivity contribution is 0.606. The van der Waals surface area contributed by atoms with Crippen LogP contribution in [0.1, 0.15) is 13.3 Å². The highest BCUT2D eigenvalue weighted by atomic mass is 16.2. The van der Waals surface area contributed by atoms with Crippen LogP contribution < -0.4 is 5.69 Å². The fourth-order valence-corrected chi connectivity index (χ4v) is 1.40. The quantitative estimate of drug-likeness (QED) is 0.677. The third-order valence-corrected chi connectivity index (χ3v) is 2.11. The van der Waals surface area contributed by atoms with Crippen molar-refractivity contribution in [3.8, 4) is 11.8 Å². The van der Waals surface area contributed by atoms with Crippen LogP contribution in [0.3, 0.4) is 0 Å². The number of fused-ring (bicyclic) bond motifs is 1. The van der Waals surface area contributed by atoms with Gasteiger partial charge in [0, 0.05) is 12.6 Å². The highest BCUT2D eigenvalue weighted by Crippen LogP contribution is 1.95. The number of hydrogen-bond acceptors (Lipinski definition) is 2. The summed E-state index contributed by atoms with van der Waals surface area (Å²) >= 11 is 0. The number of aryl methyl sites for hydroxylation is 1. The molecule has 2 aromatic rings. The molecule has 0 N–H and O–H groups in total. The molecule has 0 saturated carbocycles. The second-order valence-corrected chi connectivity index (χ2v) is 3.11. The van der Waals surface area contributed by atoms with E-state index in [4.69, 9.17) is 0 Å². The highest BCUT2D eigenvalue weighted by Gasteiger charge is 2.03. The van der Waals surface area contributed by atoms with Gasteiger partial charge >= 0.3 is 5.69 Å². The van der Waals surface area contributed by atoms with E-state index in [-0.39, 0.29) is 5.69 Å². The smallest absolute Gasteiger partial charge is 0.250 e. The van der Waals surface area contributed by atoms with Gasteiger partial charge in [0.25, 0.3) is 0 Å². The Kier molecular flexibility index (Phi) is 2.55. The van der Waals surface area contributed by atoms with Gasteiger partial charge in [-0.05, 0) is 19.1 Å². The van der Waals surface area contributed by atoms with Crippen molar-refractivity contribution in [2.75, 3.05) is 0 Å². The highest BCUT2D eigenvalue weighted by molar-refractivity contribution is 5.35. The minimum atomic E-state index is -0.108. The maximum absolute atomic E-state index is 11.7. The number of pyridine rings is 1. The van der Waals surface area contributed by atoms with E-state index in [1.165, 1.54) is 9.08 Å². The number of aromatic nitrogens is 3. The van der Waals surface area contributed by atoms with Gasteiger partial charge in [-0.3, -0.25) is 4.40 Å². The predicted molar refractivity (Wildman–Crippen MR) is 57.5 cm³/mol. The lowest BCUT2D eigenvalue weighted by Gasteiger charge is -1.91. The summed E-state index contributed by atoms with van der Waals surface area (Å²) in [6, 6.07) is 5.48.